The van der Waals surface area contributed by atoms with Crippen LogP contribution in [0.2, 0.25) is 0 Å². The summed E-state index contributed by atoms with van der Waals surface area (Å²) in [5, 5.41) is 3.56. The molecule has 0 spiro atoms. The summed E-state index contributed by atoms with van der Waals surface area (Å²) in [6.45, 7) is 1.15. The van der Waals surface area contributed by atoms with E-state index in [-0.39, 0.29) is 12.4 Å². The van der Waals surface area contributed by atoms with Gasteiger partial charge in [-0.15, -0.1) is 12.4 Å². The van der Waals surface area contributed by atoms with Gasteiger partial charge >= 0.3 is 0 Å². The smallest absolute Gasteiger partial charge is 0.160 e. The molecule has 0 amide bonds. The maximum atomic E-state index is 5.32. The van der Waals surface area contributed by atoms with Gasteiger partial charge in [0.05, 0.1) is 14.2 Å². The first-order chi connectivity index (χ1) is 8.33. The highest BCUT2D eigenvalue weighted by atomic mass is 35.5. The van der Waals surface area contributed by atoms with Gasteiger partial charge in [-0.2, -0.15) is 0 Å². The Kier molecular flexibility index (Phi) is 6.30. The minimum absolute atomic E-state index is 0. The zero-order valence-electron chi connectivity index (χ0n) is 11.1. The SMILES string of the molecule is COc1ccc(CC2CCCCN2)cc1OC.Cl. The molecule has 0 aromatic heterocycles. The topological polar surface area (TPSA) is 30.5 Å². The van der Waals surface area contributed by atoms with E-state index >= 15 is 0 Å². The summed E-state index contributed by atoms with van der Waals surface area (Å²) in [4.78, 5) is 0. The van der Waals surface area contributed by atoms with Crippen LogP contribution in [0, 0.1) is 0 Å². The molecule has 102 valence electrons. The van der Waals surface area contributed by atoms with E-state index in [1.807, 2.05) is 6.07 Å². The van der Waals surface area contributed by atoms with Crippen molar-refractivity contribution >= 4 is 12.4 Å². The predicted molar refractivity (Wildman–Crippen MR) is 76.1 cm³/mol. The number of nitrogens with one attached hydrogen (secondary N) is 1. The van der Waals surface area contributed by atoms with E-state index in [1.54, 1.807) is 14.2 Å². The quantitative estimate of drug-likeness (QED) is 0.914. The van der Waals surface area contributed by atoms with Crippen LogP contribution in [0.25, 0.3) is 0 Å². The van der Waals surface area contributed by atoms with Crippen LogP contribution in [0.5, 0.6) is 11.5 Å². The predicted octanol–water partition coefficient (Wildman–Crippen LogP) is 2.81. The van der Waals surface area contributed by atoms with E-state index in [9.17, 15) is 0 Å². The third-order valence-corrected chi connectivity index (χ3v) is 3.34. The van der Waals surface area contributed by atoms with Crippen molar-refractivity contribution in [3.63, 3.8) is 0 Å². The average Bonchev–Trinajstić information content (AvgIpc) is 2.40. The lowest BCUT2D eigenvalue weighted by Crippen LogP contribution is -2.35. The summed E-state index contributed by atoms with van der Waals surface area (Å²) in [5.74, 6) is 1.62. The zero-order valence-corrected chi connectivity index (χ0v) is 11.9. The molecular formula is C14H22ClNO2. The molecule has 1 saturated heterocycles. The molecule has 0 radical (unpaired) electrons. The molecule has 1 N–H and O–H groups in total. The molecule has 1 aromatic carbocycles. The second kappa shape index (κ2) is 7.49. The van der Waals surface area contributed by atoms with Gasteiger partial charge in [-0.25, -0.2) is 0 Å². The maximum Gasteiger partial charge on any atom is 0.160 e. The minimum Gasteiger partial charge on any atom is -0.493 e. The van der Waals surface area contributed by atoms with Crippen LogP contribution in [0.15, 0.2) is 18.2 Å². The number of ether oxygens (including phenoxy) is 2. The second-order valence-electron chi connectivity index (χ2n) is 4.54. The lowest BCUT2D eigenvalue weighted by atomic mass is 9.97. The van der Waals surface area contributed by atoms with E-state index in [4.69, 9.17) is 9.47 Å². The van der Waals surface area contributed by atoms with Crippen LogP contribution in [0.4, 0.5) is 0 Å². The first-order valence-corrected chi connectivity index (χ1v) is 6.28. The van der Waals surface area contributed by atoms with Crippen molar-refractivity contribution in [2.24, 2.45) is 0 Å². The van der Waals surface area contributed by atoms with E-state index in [0.29, 0.717) is 6.04 Å². The lowest BCUT2D eigenvalue weighted by Gasteiger charge is -2.23. The Morgan fingerprint density at radius 1 is 1.17 bits per heavy atom. The zero-order chi connectivity index (χ0) is 12.1. The van der Waals surface area contributed by atoms with Crippen molar-refractivity contribution in [1.82, 2.24) is 5.32 Å². The highest BCUT2D eigenvalue weighted by molar-refractivity contribution is 5.85. The van der Waals surface area contributed by atoms with Gasteiger partial charge in [0.25, 0.3) is 0 Å². The molecule has 3 nitrogen and oxygen atoms in total. The Labute approximate surface area is 115 Å². The third kappa shape index (κ3) is 3.79. The largest absolute Gasteiger partial charge is 0.493 e. The summed E-state index contributed by atoms with van der Waals surface area (Å²) in [6, 6.07) is 6.80. The average molecular weight is 272 g/mol. The van der Waals surface area contributed by atoms with Crippen LogP contribution in [-0.2, 0) is 6.42 Å². The molecule has 1 heterocycles. The van der Waals surface area contributed by atoms with E-state index in [0.717, 1.165) is 24.5 Å². The molecule has 1 aliphatic heterocycles. The number of hydrogen-bond donors (Lipinski definition) is 1. The van der Waals surface area contributed by atoms with Gasteiger partial charge < -0.3 is 14.8 Å². The summed E-state index contributed by atoms with van der Waals surface area (Å²) in [6.07, 6.45) is 4.99. The maximum absolute atomic E-state index is 5.32. The first-order valence-electron chi connectivity index (χ1n) is 6.28. The Bertz CT molecular complexity index is 365. The fourth-order valence-electron chi connectivity index (χ4n) is 2.39. The Morgan fingerprint density at radius 2 is 1.94 bits per heavy atom. The van der Waals surface area contributed by atoms with Gasteiger partial charge in [-0.05, 0) is 43.5 Å². The Balaban J connectivity index is 0.00000162. The molecule has 0 aliphatic carbocycles. The number of hydrogen-bond acceptors (Lipinski definition) is 3. The van der Waals surface area contributed by atoms with Crippen molar-refractivity contribution in [1.29, 1.82) is 0 Å². The van der Waals surface area contributed by atoms with E-state index in [1.165, 1.54) is 24.8 Å². The highest BCUT2D eigenvalue weighted by Crippen LogP contribution is 2.28. The standard InChI is InChI=1S/C14H21NO2.ClH/c1-16-13-7-6-11(10-14(13)17-2)9-12-5-3-4-8-15-12;/h6-7,10,12,15H,3-5,8-9H2,1-2H3;1H. The molecule has 1 fully saturated rings. The van der Waals surface area contributed by atoms with Crippen LogP contribution < -0.4 is 14.8 Å². The lowest BCUT2D eigenvalue weighted by molar-refractivity contribution is 0.353. The third-order valence-electron chi connectivity index (χ3n) is 3.34. The van der Waals surface area contributed by atoms with Gasteiger partial charge in [0.2, 0.25) is 0 Å². The van der Waals surface area contributed by atoms with Crippen molar-refractivity contribution in [2.45, 2.75) is 31.7 Å². The minimum atomic E-state index is 0. The van der Waals surface area contributed by atoms with Crippen molar-refractivity contribution < 1.29 is 9.47 Å². The van der Waals surface area contributed by atoms with Gasteiger partial charge in [0, 0.05) is 6.04 Å². The molecular weight excluding hydrogens is 250 g/mol. The van der Waals surface area contributed by atoms with Gasteiger partial charge in [0.15, 0.2) is 11.5 Å². The fourth-order valence-corrected chi connectivity index (χ4v) is 2.39. The summed E-state index contributed by atoms with van der Waals surface area (Å²) < 4.78 is 10.6. The number of rotatable bonds is 4. The van der Waals surface area contributed by atoms with Crippen LogP contribution in [0.1, 0.15) is 24.8 Å². The van der Waals surface area contributed by atoms with Crippen LogP contribution >= 0.6 is 12.4 Å². The van der Waals surface area contributed by atoms with Crippen LogP contribution in [0.3, 0.4) is 0 Å². The molecule has 0 bridgehead atoms. The highest BCUT2D eigenvalue weighted by Gasteiger charge is 2.14. The fraction of sp³-hybridized carbons (Fsp3) is 0.571. The second-order valence-corrected chi connectivity index (χ2v) is 4.54. The van der Waals surface area contributed by atoms with Crippen molar-refractivity contribution in [3.8, 4) is 11.5 Å². The van der Waals surface area contributed by atoms with E-state index < -0.39 is 0 Å². The Hall–Kier alpha value is -0.930. The van der Waals surface area contributed by atoms with Gasteiger partial charge in [-0.1, -0.05) is 12.5 Å². The molecule has 1 aliphatic rings. The summed E-state index contributed by atoms with van der Waals surface area (Å²) in [5.41, 5.74) is 1.31. The first kappa shape index (κ1) is 15.1. The monoisotopic (exact) mass is 271 g/mol. The normalized spacial score (nSPS) is 18.9. The van der Waals surface area contributed by atoms with Crippen molar-refractivity contribution in [2.75, 3.05) is 20.8 Å². The number of methoxy groups -OCH3 is 2. The molecule has 2 rings (SSSR count). The van der Waals surface area contributed by atoms with Crippen LogP contribution in [-0.4, -0.2) is 26.8 Å². The number of halogens is 1. The number of piperidine rings is 1. The Morgan fingerprint density at radius 3 is 2.56 bits per heavy atom. The molecule has 1 aromatic rings. The van der Waals surface area contributed by atoms with E-state index in [2.05, 4.69) is 17.4 Å². The molecule has 1 unspecified atom stereocenters. The molecule has 1 atom stereocenters. The van der Waals surface area contributed by atoms with Gasteiger partial charge in [-0.3, -0.25) is 0 Å². The number of benzene rings is 1. The molecule has 4 heteroatoms. The summed E-state index contributed by atoms with van der Waals surface area (Å²) >= 11 is 0. The molecule has 0 saturated carbocycles. The summed E-state index contributed by atoms with van der Waals surface area (Å²) in [7, 11) is 3.35. The van der Waals surface area contributed by atoms with Crippen molar-refractivity contribution in [3.05, 3.63) is 23.8 Å². The van der Waals surface area contributed by atoms with Gasteiger partial charge in [0.1, 0.15) is 0 Å². The molecule has 18 heavy (non-hydrogen) atoms.